The summed E-state index contributed by atoms with van der Waals surface area (Å²) in [6, 6.07) is -0.731. The van der Waals surface area contributed by atoms with Crippen molar-refractivity contribution in [3.63, 3.8) is 0 Å². The van der Waals surface area contributed by atoms with E-state index in [9.17, 15) is 19.8 Å². The zero-order chi connectivity index (χ0) is 46.7. The number of amides is 1. The summed E-state index contributed by atoms with van der Waals surface area (Å²) < 4.78 is 5.90. The fraction of sp³-hybridized carbons (Fsp3) is 0.724. The first-order valence-corrected chi connectivity index (χ1v) is 26.9. The van der Waals surface area contributed by atoms with Crippen LogP contribution >= 0.6 is 0 Å². The van der Waals surface area contributed by atoms with E-state index in [1.807, 2.05) is 60.8 Å². The summed E-state index contributed by atoms with van der Waals surface area (Å²) in [7, 11) is 0. The van der Waals surface area contributed by atoms with Crippen LogP contribution < -0.4 is 5.32 Å². The van der Waals surface area contributed by atoms with Crippen LogP contribution in [0.3, 0.4) is 0 Å². The molecule has 6 nitrogen and oxygen atoms in total. The van der Waals surface area contributed by atoms with Gasteiger partial charge in [0.25, 0.3) is 0 Å². The van der Waals surface area contributed by atoms with Crippen molar-refractivity contribution < 1.29 is 24.5 Å². The molecule has 0 radical (unpaired) electrons. The first kappa shape index (κ1) is 61.0. The van der Waals surface area contributed by atoms with Gasteiger partial charge in [0.2, 0.25) is 5.91 Å². The Labute approximate surface area is 395 Å². The number of nitrogens with one attached hydrogen (secondary N) is 1. The van der Waals surface area contributed by atoms with Crippen LogP contribution in [-0.4, -0.2) is 46.9 Å². The van der Waals surface area contributed by atoms with Gasteiger partial charge in [0, 0.05) is 6.42 Å². The maximum atomic E-state index is 13.2. The van der Waals surface area contributed by atoms with E-state index in [4.69, 9.17) is 4.74 Å². The molecular formula is C58H101NO5. The Morgan fingerprint density at radius 1 is 0.469 bits per heavy atom. The molecule has 0 aromatic heterocycles. The van der Waals surface area contributed by atoms with Crippen LogP contribution in [-0.2, 0) is 14.3 Å². The molecule has 3 atom stereocenters. The smallest absolute Gasteiger partial charge is 0.306 e. The molecule has 0 spiro atoms. The Balaban J connectivity index is 4.70. The van der Waals surface area contributed by atoms with E-state index in [2.05, 4.69) is 50.4 Å². The first-order valence-electron chi connectivity index (χ1n) is 26.9. The van der Waals surface area contributed by atoms with Gasteiger partial charge >= 0.3 is 5.97 Å². The molecule has 0 aromatic rings. The lowest BCUT2D eigenvalue weighted by atomic mass is 10.0. The van der Waals surface area contributed by atoms with Gasteiger partial charge in [0.1, 0.15) is 6.10 Å². The molecule has 3 unspecified atom stereocenters. The number of hydrogen-bond acceptors (Lipinski definition) is 5. The quantitative estimate of drug-likeness (QED) is 0.0245. The maximum absolute atomic E-state index is 13.2. The zero-order valence-electron chi connectivity index (χ0n) is 41.9. The number of ether oxygens (including phenoxy) is 1. The van der Waals surface area contributed by atoms with Crippen molar-refractivity contribution in [1.82, 2.24) is 5.32 Å². The molecule has 3 N–H and O–H groups in total. The van der Waals surface area contributed by atoms with Crippen molar-refractivity contribution in [3.05, 3.63) is 85.1 Å². The summed E-state index contributed by atoms with van der Waals surface area (Å²) in [4.78, 5) is 26.2. The van der Waals surface area contributed by atoms with Crippen LogP contribution in [0.15, 0.2) is 85.1 Å². The lowest BCUT2D eigenvalue weighted by Gasteiger charge is -2.24. The fourth-order valence-electron chi connectivity index (χ4n) is 7.82. The third kappa shape index (κ3) is 45.6. The molecular weight excluding hydrogens is 791 g/mol. The molecule has 0 rings (SSSR count). The van der Waals surface area contributed by atoms with Gasteiger partial charge in [0.15, 0.2) is 0 Å². The van der Waals surface area contributed by atoms with E-state index in [1.54, 1.807) is 0 Å². The number of unbranched alkanes of at least 4 members (excludes halogenated alkanes) is 26. The van der Waals surface area contributed by atoms with E-state index in [-0.39, 0.29) is 24.9 Å². The molecule has 0 aliphatic carbocycles. The van der Waals surface area contributed by atoms with Crippen LogP contribution in [0, 0.1) is 0 Å². The van der Waals surface area contributed by atoms with Crippen molar-refractivity contribution in [2.75, 3.05) is 6.61 Å². The number of rotatable bonds is 47. The Morgan fingerprint density at radius 2 is 0.875 bits per heavy atom. The number of aliphatic hydroxyl groups excluding tert-OH is 2. The van der Waals surface area contributed by atoms with Crippen LogP contribution in [0.25, 0.3) is 0 Å². The second kappa shape index (κ2) is 51.0. The molecule has 1 amide bonds. The highest BCUT2D eigenvalue weighted by atomic mass is 16.5. The zero-order valence-corrected chi connectivity index (χ0v) is 41.9. The van der Waals surface area contributed by atoms with Gasteiger partial charge in [0.05, 0.1) is 25.2 Å². The Hall–Kier alpha value is -2.96. The Kier molecular flexibility index (Phi) is 48.7. The molecule has 64 heavy (non-hydrogen) atoms. The summed E-state index contributed by atoms with van der Waals surface area (Å²) in [5.41, 5.74) is 0. The van der Waals surface area contributed by atoms with Crippen LogP contribution in [0.2, 0.25) is 0 Å². The van der Waals surface area contributed by atoms with Gasteiger partial charge in [-0.1, -0.05) is 254 Å². The minimum absolute atomic E-state index is 0.0201. The Bertz CT molecular complexity index is 1230. The third-order valence-corrected chi connectivity index (χ3v) is 11.9. The molecule has 0 fully saturated rings. The molecule has 0 aromatic carbocycles. The lowest BCUT2D eigenvalue weighted by molar-refractivity contribution is -0.151. The van der Waals surface area contributed by atoms with Gasteiger partial charge in [-0.25, -0.2) is 0 Å². The van der Waals surface area contributed by atoms with Crippen molar-refractivity contribution in [2.45, 2.75) is 264 Å². The maximum Gasteiger partial charge on any atom is 0.306 e. The molecule has 0 saturated carbocycles. The van der Waals surface area contributed by atoms with Gasteiger partial charge in [-0.2, -0.15) is 0 Å². The number of allylic oxidation sites excluding steroid dienone is 14. The second-order valence-electron chi connectivity index (χ2n) is 18.0. The second-order valence-corrected chi connectivity index (χ2v) is 18.0. The summed E-state index contributed by atoms with van der Waals surface area (Å²) >= 11 is 0. The summed E-state index contributed by atoms with van der Waals surface area (Å²) in [5.74, 6) is -0.560. The summed E-state index contributed by atoms with van der Waals surface area (Å²) in [5, 5.41) is 23.7. The molecule has 0 saturated heterocycles. The lowest BCUT2D eigenvalue weighted by Crippen LogP contribution is -2.46. The highest BCUT2D eigenvalue weighted by Crippen LogP contribution is 2.17. The average molecular weight is 892 g/mol. The molecule has 368 valence electrons. The van der Waals surface area contributed by atoms with Gasteiger partial charge in [-0.3, -0.25) is 9.59 Å². The van der Waals surface area contributed by atoms with Crippen molar-refractivity contribution in [2.24, 2.45) is 0 Å². The molecule has 6 heteroatoms. The number of carbonyl (C=O) groups excluding carboxylic acids is 2. The van der Waals surface area contributed by atoms with E-state index < -0.39 is 18.2 Å². The highest BCUT2D eigenvalue weighted by Gasteiger charge is 2.24. The Morgan fingerprint density at radius 3 is 1.34 bits per heavy atom. The minimum Gasteiger partial charge on any atom is -0.462 e. The van der Waals surface area contributed by atoms with Crippen molar-refractivity contribution in [3.8, 4) is 0 Å². The van der Waals surface area contributed by atoms with E-state index in [1.165, 1.54) is 135 Å². The van der Waals surface area contributed by atoms with Gasteiger partial charge < -0.3 is 20.3 Å². The topological polar surface area (TPSA) is 95.9 Å². The van der Waals surface area contributed by atoms with Gasteiger partial charge in [-0.05, 0) is 64.2 Å². The van der Waals surface area contributed by atoms with Gasteiger partial charge in [-0.15, -0.1) is 0 Å². The van der Waals surface area contributed by atoms with Crippen molar-refractivity contribution in [1.29, 1.82) is 0 Å². The van der Waals surface area contributed by atoms with Crippen LogP contribution in [0.4, 0.5) is 0 Å². The average Bonchev–Trinajstić information content (AvgIpc) is 3.29. The van der Waals surface area contributed by atoms with Crippen LogP contribution in [0.5, 0.6) is 0 Å². The predicted molar refractivity (Wildman–Crippen MR) is 278 cm³/mol. The number of aliphatic hydroxyl groups is 2. The monoisotopic (exact) mass is 892 g/mol. The number of carbonyl (C=O) groups is 2. The first-order chi connectivity index (χ1) is 31.5. The predicted octanol–water partition coefficient (Wildman–Crippen LogP) is 16.3. The molecule has 0 aliphatic heterocycles. The van der Waals surface area contributed by atoms with Crippen molar-refractivity contribution >= 4 is 11.9 Å². The molecule has 0 heterocycles. The number of hydrogen-bond donors (Lipinski definition) is 3. The minimum atomic E-state index is -0.812. The summed E-state index contributed by atoms with van der Waals surface area (Å²) in [6.07, 6.45) is 66.5. The van der Waals surface area contributed by atoms with E-state index in [0.717, 1.165) is 64.2 Å². The summed E-state index contributed by atoms with van der Waals surface area (Å²) in [6.45, 7) is 6.32. The number of esters is 1. The highest BCUT2D eigenvalue weighted by molar-refractivity contribution is 5.77. The molecule has 0 aliphatic rings. The third-order valence-electron chi connectivity index (χ3n) is 11.9. The largest absolute Gasteiger partial charge is 0.462 e. The van der Waals surface area contributed by atoms with E-state index >= 15 is 0 Å². The fourth-order valence-corrected chi connectivity index (χ4v) is 7.82. The van der Waals surface area contributed by atoms with Crippen LogP contribution in [0.1, 0.15) is 245 Å². The standard InChI is InChI=1S/C58H101NO5/c1-4-7-10-13-16-19-22-25-27-28-29-31-33-36-39-42-45-48-51-58(63)64-54(49-46-43-40-37-34-32-30-26-23-20-17-14-11-8-5-2)52-57(62)59-55(53-60)56(61)50-47-44-41-38-35-24-21-18-15-12-9-6-3/h8,11,14,17,20,23,26,29-32,34,37,40,54-56,60-61H,4-7,9-10,12-13,15-16,18-19,21-22,24-25,27-28,33,35-36,38-39,41-53H2,1-3H3,(H,59,62)/b11-8-,17-14+,23-20+,30-26-,31-29+,34-32+,40-37+. The SMILES string of the molecule is CC\C=C/C=C/C=C/C=C\C=C\C=C\CCCC(CC(=O)NC(CO)C(O)CCCCCCCCCCCCCC)OC(=O)CCCCCCC/C=C/CCCCCCCCCCC. The molecule has 0 bridgehead atoms. The normalized spacial score (nSPS) is 13.9. The van der Waals surface area contributed by atoms with E-state index in [0.29, 0.717) is 19.3 Å².